The lowest BCUT2D eigenvalue weighted by Crippen LogP contribution is -1.98. The van der Waals surface area contributed by atoms with Crippen molar-refractivity contribution in [3.63, 3.8) is 0 Å². The predicted molar refractivity (Wildman–Crippen MR) is 93.4 cm³/mol. The maximum Gasteiger partial charge on any atom is 0.359 e. The Labute approximate surface area is 144 Å². The highest BCUT2D eigenvalue weighted by Crippen LogP contribution is 2.30. The number of carboxylic acids is 1. The van der Waals surface area contributed by atoms with Crippen molar-refractivity contribution in [3.8, 4) is 11.1 Å². The van der Waals surface area contributed by atoms with Gasteiger partial charge < -0.3 is 5.11 Å². The summed E-state index contributed by atoms with van der Waals surface area (Å²) in [5.41, 5.74) is 3.53. The molecule has 3 rings (SSSR count). The maximum absolute atomic E-state index is 11.1. The molecule has 0 spiro atoms. The summed E-state index contributed by atoms with van der Waals surface area (Å²) in [4.78, 5) is 12.0. The molecule has 0 atom stereocenters. The van der Waals surface area contributed by atoms with Crippen LogP contribution in [0.1, 0.15) is 35.8 Å². The highest BCUT2D eigenvalue weighted by molar-refractivity contribution is 7.99. The molecule has 2 N–H and O–H groups in total. The van der Waals surface area contributed by atoms with Gasteiger partial charge in [0.05, 0.1) is 0 Å². The number of H-pyrrole nitrogens is 1. The second kappa shape index (κ2) is 6.88. The number of benzene rings is 2. The Bertz CT molecular complexity index is 839. The van der Waals surface area contributed by atoms with Crippen molar-refractivity contribution < 1.29 is 9.90 Å². The minimum atomic E-state index is -1.09. The van der Waals surface area contributed by atoms with Crippen molar-refractivity contribution >= 4 is 17.7 Å². The number of nitrogens with one attached hydrogen (secondary N) is 1. The van der Waals surface area contributed by atoms with Crippen LogP contribution in [0.2, 0.25) is 0 Å². The number of aromatic amines is 1. The van der Waals surface area contributed by atoms with E-state index in [0.717, 1.165) is 16.0 Å². The molecule has 1 aromatic heterocycles. The van der Waals surface area contributed by atoms with Crippen LogP contribution in [0, 0.1) is 0 Å². The minimum Gasteiger partial charge on any atom is -0.476 e. The van der Waals surface area contributed by atoms with E-state index in [-0.39, 0.29) is 5.69 Å². The van der Waals surface area contributed by atoms with E-state index in [2.05, 4.69) is 53.5 Å². The summed E-state index contributed by atoms with van der Waals surface area (Å²) in [6.07, 6.45) is 0. The number of aromatic nitrogens is 3. The Morgan fingerprint density at radius 1 is 1.00 bits per heavy atom. The van der Waals surface area contributed by atoms with Crippen LogP contribution in [0.3, 0.4) is 0 Å². The van der Waals surface area contributed by atoms with Crippen LogP contribution in [-0.4, -0.2) is 26.5 Å². The molecule has 2 aromatic carbocycles. The van der Waals surface area contributed by atoms with E-state index >= 15 is 0 Å². The Kier molecular flexibility index (Phi) is 4.66. The van der Waals surface area contributed by atoms with E-state index in [1.54, 1.807) is 0 Å². The zero-order chi connectivity index (χ0) is 17.1. The zero-order valence-corrected chi connectivity index (χ0v) is 14.2. The van der Waals surface area contributed by atoms with Crippen LogP contribution in [0.25, 0.3) is 11.1 Å². The molecule has 0 amide bonds. The maximum atomic E-state index is 11.1. The van der Waals surface area contributed by atoms with Gasteiger partial charge >= 0.3 is 5.97 Å². The number of carboxylic acid groups (broad SMARTS) is 1. The number of aromatic carboxylic acids is 1. The monoisotopic (exact) mass is 339 g/mol. The third-order valence-corrected chi connectivity index (χ3v) is 4.68. The van der Waals surface area contributed by atoms with Crippen molar-refractivity contribution in [2.45, 2.75) is 29.7 Å². The van der Waals surface area contributed by atoms with Gasteiger partial charge in [0.15, 0.2) is 5.03 Å². The fourth-order valence-corrected chi connectivity index (χ4v) is 3.13. The van der Waals surface area contributed by atoms with Gasteiger partial charge in [-0.3, -0.25) is 0 Å². The first-order chi connectivity index (χ1) is 11.5. The van der Waals surface area contributed by atoms with Crippen molar-refractivity contribution in [2.75, 3.05) is 0 Å². The van der Waals surface area contributed by atoms with Crippen molar-refractivity contribution in [1.29, 1.82) is 0 Å². The van der Waals surface area contributed by atoms with Gasteiger partial charge in [0.2, 0.25) is 5.69 Å². The van der Waals surface area contributed by atoms with Gasteiger partial charge in [0, 0.05) is 4.90 Å². The van der Waals surface area contributed by atoms with Crippen LogP contribution in [0.4, 0.5) is 0 Å². The summed E-state index contributed by atoms with van der Waals surface area (Å²) in [7, 11) is 0. The Morgan fingerprint density at radius 3 is 2.12 bits per heavy atom. The molecule has 0 fully saturated rings. The average Bonchev–Trinajstić information content (AvgIpc) is 3.04. The molecule has 0 aliphatic rings. The van der Waals surface area contributed by atoms with Gasteiger partial charge in [-0.1, -0.05) is 62.0 Å². The Morgan fingerprint density at radius 2 is 1.58 bits per heavy atom. The molecular formula is C18H17N3O2S. The SMILES string of the molecule is CC(C)c1ccc(-c2ccc(Sc3n[nH]nc3C(=O)O)cc2)cc1. The Hall–Kier alpha value is -2.60. The number of rotatable bonds is 5. The summed E-state index contributed by atoms with van der Waals surface area (Å²) in [6, 6.07) is 16.5. The molecule has 0 bridgehead atoms. The fourth-order valence-electron chi connectivity index (χ4n) is 2.32. The first kappa shape index (κ1) is 16.3. The lowest BCUT2D eigenvalue weighted by molar-refractivity contribution is 0.0686. The molecule has 6 heteroatoms. The highest BCUT2D eigenvalue weighted by Gasteiger charge is 2.16. The van der Waals surface area contributed by atoms with E-state index in [4.69, 9.17) is 5.11 Å². The van der Waals surface area contributed by atoms with Gasteiger partial charge in [-0.05, 0) is 34.7 Å². The topological polar surface area (TPSA) is 78.9 Å². The molecule has 0 unspecified atom stereocenters. The summed E-state index contributed by atoms with van der Waals surface area (Å²) in [6.45, 7) is 4.35. The van der Waals surface area contributed by atoms with Crippen LogP contribution < -0.4 is 0 Å². The molecular weight excluding hydrogens is 322 g/mol. The second-order valence-corrected chi connectivity index (χ2v) is 6.75. The van der Waals surface area contributed by atoms with Crippen LogP contribution in [0.5, 0.6) is 0 Å². The first-order valence-electron chi connectivity index (χ1n) is 7.57. The molecule has 0 saturated carbocycles. The first-order valence-corrected chi connectivity index (χ1v) is 8.38. The summed E-state index contributed by atoms with van der Waals surface area (Å²) < 4.78 is 0. The molecule has 5 nitrogen and oxygen atoms in total. The molecule has 1 heterocycles. The second-order valence-electron chi connectivity index (χ2n) is 5.69. The average molecular weight is 339 g/mol. The zero-order valence-electron chi connectivity index (χ0n) is 13.4. The fraction of sp³-hybridized carbons (Fsp3) is 0.167. The molecule has 0 radical (unpaired) electrons. The predicted octanol–water partition coefficient (Wildman–Crippen LogP) is 4.44. The van der Waals surface area contributed by atoms with E-state index in [9.17, 15) is 4.79 Å². The van der Waals surface area contributed by atoms with Crippen LogP contribution in [-0.2, 0) is 0 Å². The summed E-state index contributed by atoms with van der Waals surface area (Å²) in [5.74, 6) is -0.572. The largest absolute Gasteiger partial charge is 0.476 e. The van der Waals surface area contributed by atoms with Gasteiger partial charge in [-0.2, -0.15) is 5.21 Å². The van der Waals surface area contributed by atoms with Crippen molar-refractivity contribution in [3.05, 3.63) is 59.8 Å². The van der Waals surface area contributed by atoms with Gasteiger partial charge in [-0.25, -0.2) is 4.79 Å². The molecule has 3 aromatic rings. The molecule has 122 valence electrons. The molecule has 24 heavy (non-hydrogen) atoms. The van der Waals surface area contributed by atoms with Gasteiger partial charge in [-0.15, -0.1) is 10.2 Å². The number of hydrogen-bond acceptors (Lipinski definition) is 4. The van der Waals surface area contributed by atoms with E-state index < -0.39 is 5.97 Å². The smallest absolute Gasteiger partial charge is 0.359 e. The molecule has 0 aliphatic heterocycles. The van der Waals surface area contributed by atoms with Crippen LogP contribution in [0.15, 0.2) is 58.5 Å². The molecule has 0 aliphatic carbocycles. The van der Waals surface area contributed by atoms with Gasteiger partial charge in [0.25, 0.3) is 0 Å². The third-order valence-electron chi connectivity index (χ3n) is 3.70. The summed E-state index contributed by atoms with van der Waals surface area (Å²) >= 11 is 1.27. The van der Waals surface area contributed by atoms with Gasteiger partial charge in [0.1, 0.15) is 0 Å². The van der Waals surface area contributed by atoms with E-state index in [1.807, 2.05) is 24.3 Å². The number of hydrogen-bond donors (Lipinski definition) is 2. The number of nitrogens with zero attached hydrogens (tertiary/aromatic N) is 2. The highest BCUT2D eigenvalue weighted by atomic mass is 32.2. The van der Waals surface area contributed by atoms with Crippen molar-refractivity contribution in [1.82, 2.24) is 15.4 Å². The standard InChI is InChI=1S/C18H17N3O2S/c1-11(2)12-3-5-13(6-4-12)14-7-9-15(10-8-14)24-17-16(18(22)23)19-21-20-17/h3-11H,1-2H3,(H,22,23)(H,19,20,21). The minimum absolute atomic E-state index is 0.0617. The normalized spacial score (nSPS) is 11.0. The van der Waals surface area contributed by atoms with Crippen molar-refractivity contribution in [2.24, 2.45) is 0 Å². The lowest BCUT2D eigenvalue weighted by Gasteiger charge is -2.07. The van der Waals surface area contributed by atoms with E-state index in [1.165, 1.54) is 17.3 Å². The third kappa shape index (κ3) is 3.49. The van der Waals surface area contributed by atoms with E-state index in [0.29, 0.717) is 10.9 Å². The quantitative estimate of drug-likeness (QED) is 0.718. The molecule has 0 saturated heterocycles. The lowest BCUT2D eigenvalue weighted by atomic mass is 9.99. The number of carbonyl (C=O) groups is 1. The Balaban J connectivity index is 1.78. The summed E-state index contributed by atoms with van der Waals surface area (Å²) in [5, 5.41) is 19.3. The van der Waals surface area contributed by atoms with Crippen LogP contribution >= 0.6 is 11.8 Å².